The Morgan fingerprint density at radius 2 is 1.59 bits per heavy atom. The van der Waals surface area contributed by atoms with Gasteiger partial charge in [-0.3, -0.25) is 4.79 Å². The Labute approximate surface area is 159 Å². The van der Waals surface area contributed by atoms with Gasteiger partial charge in [0.1, 0.15) is 0 Å². The van der Waals surface area contributed by atoms with E-state index in [1.54, 1.807) is 0 Å². The Bertz CT molecular complexity index is 884. The Morgan fingerprint density at radius 1 is 0.963 bits per heavy atom. The molecule has 2 N–H and O–H groups in total. The van der Waals surface area contributed by atoms with Crippen LogP contribution in [0.5, 0.6) is 11.5 Å². The summed E-state index contributed by atoms with van der Waals surface area (Å²) in [6, 6.07) is 12.5. The fourth-order valence-electron chi connectivity index (χ4n) is 2.50. The third kappa shape index (κ3) is 5.21. The Balaban J connectivity index is 2.09. The van der Waals surface area contributed by atoms with Gasteiger partial charge in [0.05, 0.1) is 31.2 Å². The average Bonchev–Trinajstić information content (AvgIpc) is 2.67. The molecule has 2 rings (SSSR count). The second kappa shape index (κ2) is 8.88. The van der Waals surface area contributed by atoms with Crippen LogP contribution in [0.1, 0.15) is 25.5 Å². The highest BCUT2D eigenvalue weighted by Gasteiger charge is 2.24. The minimum Gasteiger partial charge on any atom is -0.493 e. The molecule has 146 valence electrons. The number of hydrogen-bond acceptors (Lipinski definition) is 5. The van der Waals surface area contributed by atoms with Crippen LogP contribution in [-0.4, -0.2) is 34.6 Å². The number of ether oxygens (including phenoxy) is 2. The predicted molar refractivity (Wildman–Crippen MR) is 102 cm³/mol. The number of methoxy groups -OCH3 is 2. The maximum absolute atomic E-state index is 12.6. The van der Waals surface area contributed by atoms with Gasteiger partial charge in [0.25, 0.3) is 0 Å². The first-order chi connectivity index (χ1) is 12.8. The minimum atomic E-state index is -3.91. The summed E-state index contributed by atoms with van der Waals surface area (Å²) in [5, 5.41) is 2.80. The van der Waals surface area contributed by atoms with Crippen LogP contribution in [0.25, 0.3) is 0 Å². The van der Waals surface area contributed by atoms with Crippen molar-refractivity contribution < 1.29 is 22.7 Å². The van der Waals surface area contributed by atoms with E-state index in [-0.39, 0.29) is 16.7 Å². The third-order valence-electron chi connectivity index (χ3n) is 4.05. The molecule has 0 spiro atoms. The average molecular weight is 392 g/mol. The molecule has 0 bridgehead atoms. The summed E-state index contributed by atoms with van der Waals surface area (Å²) >= 11 is 0. The molecule has 0 fully saturated rings. The van der Waals surface area contributed by atoms with Crippen LogP contribution < -0.4 is 19.5 Å². The van der Waals surface area contributed by atoms with Crippen LogP contribution in [0.2, 0.25) is 0 Å². The van der Waals surface area contributed by atoms with E-state index in [2.05, 4.69) is 10.0 Å². The van der Waals surface area contributed by atoms with Gasteiger partial charge in [0.15, 0.2) is 11.5 Å². The molecule has 27 heavy (non-hydrogen) atoms. The molecule has 0 aliphatic heterocycles. The molecule has 2 atom stereocenters. The van der Waals surface area contributed by atoms with E-state index in [0.717, 1.165) is 5.56 Å². The molecule has 7 nitrogen and oxygen atoms in total. The van der Waals surface area contributed by atoms with Crippen molar-refractivity contribution in [3.63, 3.8) is 0 Å². The molecular weight excluding hydrogens is 368 g/mol. The highest BCUT2D eigenvalue weighted by atomic mass is 32.2. The summed E-state index contributed by atoms with van der Waals surface area (Å²) in [5.74, 6) is 0.282. The van der Waals surface area contributed by atoms with Gasteiger partial charge in [0, 0.05) is 6.07 Å². The highest BCUT2D eigenvalue weighted by molar-refractivity contribution is 7.89. The first-order valence-electron chi connectivity index (χ1n) is 8.38. The van der Waals surface area contributed by atoms with Gasteiger partial charge in [0.2, 0.25) is 15.9 Å². The van der Waals surface area contributed by atoms with Gasteiger partial charge in [-0.2, -0.15) is 4.72 Å². The summed E-state index contributed by atoms with van der Waals surface area (Å²) in [6.07, 6.45) is 0. The van der Waals surface area contributed by atoms with E-state index in [1.807, 2.05) is 37.3 Å². The first kappa shape index (κ1) is 20.7. The molecule has 0 saturated heterocycles. The lowest BCUT2D eigenvalue weighted by molar-refractivity contribution is -0.123. The zero-order valence-electron chi connectivity index (χ0n) is 15.7. The molecular formula is C19H24N2O5S. The number of carbonyl (C=O) groups is 1. The van der Waals surface area contributed by atoms with Crippen LogP contribution in [0, 0.1) is 0 Å². The molecule has 2 aromatic carbocycles. The maximum Gasteiger partial charge on any atom is 0.241 e. The fraction of sp³-hybridized carbons (Fsp3) is 0.316. The second-order valence-corrected chi connectivity index (χ2v) is 7.71. The normalized spacial score (nSPS) is 13.5. The summed E-state index contributed by atoms with van der Waals surface area (Å²) in [4.78, 5) is 12.4. The molecule has 0 aromatic heterocycles. The molecule has 0 saturated carbocycles. The summed E-state index contributed by atoms with van der Waals surface area (Å²) in [5.41, 5.74) is 0.931. The predicted octanol–water partition coefficient (Wildman–Crippen LogP) is 2.25. The van der Waals surface area contributed by atoms with Crippen LogP contribution >= 0.6 is 0 Å². The lowest BCUT2D eigenvalue weighted by Gasteiger charge is -2.19. The number of carbonyl (C=O) groups excluding carboxylic acids is 1. The SMILES string of the molecule is COc1ccc(S(=O)(=O)NC(C)C(=O)NC(C)c2ccccc2)cc1OC. The largest absolute Gasteiger partial charge is 0.493 e. The standard InChI is InChI=1S/C19H24N2O5S/c1-13(15-8-6-5-7-9-15)20-19(22)14(2)21-27(23,24)16-10-11-17(25-3)18(12-16)26-4/h5-14,21H,1-4H3,(H,20,22). The summed E-state index contributed by atoms with van der Waals surface area (Å²) in [7, 11) is -1.03. The van der Waals surface area contributed by atoms with Crippen molar-refractivity contribution in [2.24, 2.45) is 0 Å². The number of hydrogen-bond donors (Lipinski definition) is 2. The van der Waals surface area contributed by atoms with Crippen LogP contribution in [-0.2, 0) is 14.8 Å². The molecule has 2 unspecified atom stereocenters. The van der Waals surface area contributed by atoms with Gasteiger partial charge in [-0.15, -0.1) is 0 Å². The monoisotopic (exact) mass is 392 g/mol. The fourth-order valence-corrected chi connectivity index (χ4v) is 3.72. The van der Waals surface area contributed by atoms with Crippen molar-refractivity contribution >= 4 is 15.9 Å². The maximum atomic E-state index is 12.6. The lowest BCUT2D eigenvalue weighted by Crippen LogP contribution is -2.45. The van der Waals surface area contributed by atoms with E-state index in [9.17, 15) is 13.2 Å². The number of amides is 1. The minimum absolute atomic E-state index is 0.0177. The third-order valence-corrected chi connectivity index (χ3v) is 5.59. The highest BCUT2D eigenvalue weighted by Crippen LogP contribution is 2.29. The molecule has 0 heterocycles. The number of sulfonamides is 1. The Morgan fingerprint density at radius 3 is 2.19 bits per heavy atom. The van der Waals surface area contributed by atoms with Crippen molar-refractivity contribution in [2.75, 3.05) is 14.2 Å². The molecule has 1 amide bonds. The number of nitrogens with one attached hydrogen (secondary N) is 2. The van der Waals surface area contributed by atoms with Gasteiger partial charge in [-0.05, 0) is 31.5 Å². The Kier molecular flexibility index (Phi) is 6.81. The van der Waals surface area contributed by atoms with Crippen LogP contribution in [0.3, 0.4) is 0 Å². The number of benzene rings is 2. The zero-order valence-corrected chi connectivity index (χ0v) is 16.5. The molecule has 2 aromatic rings. The van der Waals surface area contributed by atoms with Crippen LogP contribution in [0.4, 0.5) is 0 Å². The van der Waals surface area contributed by atoms with Crippen molar-refractivity contribution in [1.82, 2.24) is 10.0 Å². The van der Waals surface area contributed by atoms with Gasteiger partial charge < -0.3 is 14.8 Å². The van der Waals surface area contributed by atoms with Crippen molar-refractivity contribution in [3.8, 4) is 11.5 Å². The molecule has 0 aliphatic carbocycles. The lowest BCUT2D eigenvalue weighted by atomic mass is 10.1. The van der Waals surface area contributed by atoms with E-state index >= 15 is 0 Å². The summed E-state index contributed by atoms with van der Waals surface area (Å²) < 4.78 is 37.8. The van der Waals surface area contributed by atoms with Crippen molar-refractivity contribution in [2.45, 2.75) is 30.8 Å². The topological polar surface area (TPSA) is 93.7 Å². The van der Waals surface area contributed by atoms with Gasteiger partial charge in [-0.1, -0.05) is 30.3 Å². The van der Waals surface area contributed by atoms with Crippen molar-refractivity contribution in [1.29, 1.82) is 0 Å². The van der Waals surface area contributed by atoms with Gasteiger partial charge >= 0.3 is 0 Å². The molecule has 8 heteroatoms. The van der Waals surface area contributed by atoms with Crippen LogP contribution in [0.15, 0.2) is 53.4 Å². The summed E-state index contributed by atoms with van der Waals surface area (Å²) in [6.45, 7) is 3.33. The second-order valence-electron chi connectivity index (χ2n) is 6.00. The van der Waals surface area contributed by atoms with E-state index in [1.165, 1.54) is 39.3 Å². The molecule has 0 aliphatic rings. The van der Waals surface area contributed by atoms with E-state index < -0.39 is 22.0 Å². The smallest absolute Gasteiger partial charge is 0.241 e. The first-order valence-corrected chi connectivity index (χ1v) is 9.86. The van der Waals surface area contributed by atoms with E-state index in [0.29, 0.717) is 5.75 Å². The quantitative estimate of drug-likeness (QED) is 0.719. The van der Waals surface area contributed by atoms with Gasteiger partial charge in [-0.25, -0.2) is 8.42 Å². The van der Waals surface area contributed by atoms with E-state index in [4.69, 9.17) is 9.47 Å². The molecule has 0 radical (unpaired) electrons. The zero-order chi connectivity index (χ0) is 20.0. The Hall–Kier alpha value is -2.58. The van der Waals surface area contributed by atoms with Crippen molar-refractivity contribution in [3.05, 3.63) is 54.1 Å². The number of rotatable bonds is 8.